The fourth-order valence-corrected chi connectivity index (χ4v) is 7.71. The average Bonchev–Trinajstić information content (AvgIpc) is 3.58. The molecule has 248 valence electrons. The van der Waals surface area contributed by atoms with E-state index >= 15 is 0 Å². The first-order valence-electron chi connectivity index (χ1n) is 18.0. The van der Waals surface area contributed by atoms with Crippen molar-refractivity contribution in [1.82, 2.24) is 14.5 Å². The monoisotopic (exact) mass is 675 g/mol. The zero-order valence-corrected chi connectivity index (χ0v) is 28.9. The van der Waals surface area contributed by atoms with Crippen LogP contribution in [0.5, 0.6) is 0 Å². The predicted octanol–water partition coefficient (Wildman–Crippen LogP) is 13.1. The number of nitrogens with zero attached hydrogens (tertiary/aromatic N) is 3. The van der Waals surface area contributed by atoms with Gasteiger partial charge in [0.05, 0.1) is 22.4 Å². The normalized spacial score (nSPS) is 11.4. The number of benzene rings is 8. The van der Waals surface area contributed by atoms with Crippen LogP contribution in [0.15, 0.2) is 200 Å². The summed E-state index contributed by atoms with van der Waals surface area (Å²) in [6.45, 7) is 0. The molecule has 0 atom stereocenters. The van der Waals surface area contributed by atoms with E-state index in [-0.39, 0.29) is 0 Å². The molecule has 0 radical (unpaired) electrons. The van der Waals surface area contributed by atoms with Crippen molar-refractivity contribution in [3.63, 3.8) is 0 Å². The second-order valence-corrected chi connectivity index (χ2v) is 13.4. The highest BCUT2D eigenvalue weighted by Crippen LogP contribution is 2.39. The van der Waals surface area contributed by atoms with E-state index in [1.54, 1.807) is 0 Å². The van der Waals surface area contributed by atoms with Crippen molar-refractivity contribution in [1.29, 1.82) is 0 Å². The Labute approximate surface area is 308 Å². The second kappa shape index (κ2) is 12.9. The number of rotatable bonds is 6. The fraction of sp³-hybridized carbons (Fsp3) is 0. The zero-order chi connectivity index (χ0) is 35.1. The first kappa shape index (κ1) is 30.7. The summed E-state index contributed by atoms with van der Waals surface area (Å²) in [4.78, 5) is 10.2. The minimum atomic E-state index is 0.715. The molecular weight excluding hydrogens is 643 g/mol. The molecule has 0 fully saturated rings. The lowest BCUT2D eigenvalue weighted by atomic mass is 9.92. The van der Waals surface area contributed by atoms with Crippen LogP contribution < -0.4 is 0 Å². The molecule has 53 heavy (non-hydrogen) atoms. The Bertz CT molecular complexity index is 2870. The summed E-state index contributed by atoms with van der Waals surface area (Å²) in [7, 11) is 0. The van der Waals surface area contributed by atoms with Crippen LogP contribution in [0, 0.1) is 0 Å². The minimum absolute atomic E-state index is 0.715. The SMILES string of the molecule is c1ccc(-c2cc(-c3ccc(-c4cccc(-c5ccc6c(c5)c5ccccc5n6-c5ccccc5)c4)c4ccccc34)nc(-c3ccccc3)n2)cc1. The molecule has 0 spiro atoms. The lowest BCUT2D eigenvalue weighted by Crippen LogP contribution is -1.96. The molecule has 8 aromatic carbocycles. The first-order valence-corrected chi connectivity index (χ1v) is 18.0. The number of para-hydroxylation sites is 2. The van der Waals surface area contributed by atoms with E-state index in [4.69, 9.17) is 9.97 Å². The maximum atomic E-state index is 5.16. The molecule has 10 rings (SSSR count). The molecule has 0 aliphatic rings. The molecule has 0 saturated heterocycles. The zero-order valence-electron chi connectivity index (χ0n) is 28.9. The van der Waals surface area contributed by atoms with Gasteiger partial charge in [0.2, 0.25) is 0 Å². The highest BCUT2D eigenvalue weighted by Gasteiger charge is 2.16. The van der Waals surface area contributed by atoms with Crippen molar-refractivity contribution in [2.45, 2.75) is 0 Å². The molecule has 2 heterocycles. The summed E-state index contributed by atoms with van der Waals surface area (Å²) in [5.41, 5.74) is 13.3. The minimum Gasteiger partial charge on any atom is -0.309 e. The highest BCUT2D eigenvalue weighted by molar-refractivity contribution is 6.11. The van der Waals surface area contributed by atoms with Gasteiger partial charge in [-0.15, -0.1) is 0 Å². The number of hydrogen-bond donors (Lipinski definition) is 0. The molecule has 0 bridgehead atoms. The van der Waals surface area contributed by atoms with Crippen LogP contribution in [0.25, 0.3) is 94.4 Å². The standard InChI is InChI=1S/C50H33N3/c1-4-15-34(16-5-1)46-33-47(52-50(51-46)35-17-6-2-7-18-35)43-29-28-40(41-23-10-11-24-42(41)43)38-20-14-19-36(31-38)37-27-30-49-45(32-37)44-25-12-13-26-48(44)53(49)39-21-8-3-9-22-39/h1-33H. The van der Waals surface area contributed by atoms with Crippen LogP contribution in [0.2, 0.25) is 0 Å². The Morgan fingerprint density at radius 3 is 1.62 bits per heavy atom. The van der Waals surface area contributed by atoms with Crippen LogP contribution in [0.1, 0.15) is 0 Å². The Balaban J connectivity index is 1.09. The van der Waals surface area contributed by atoms with E-state index in [0.717, 1.165) is 33.5 Å². The molecular formula is C50H33N3. The van der Waals surface area contributed by atoms with Crippen LogP contribution in [0.3, 0.4) is 0 Å². The van der Waals surface area contributed by atoms with Gasteiger partial charge in [-0.05, 0) is 75.5 Å². The van der Waals surface area contributed by atoms with Crippen LogP contribution in [-0.4, -0.2) is 14.5 Å². The maximum Gasteiger partial charge on any atom is 0.160 e. The third kappa shape index (κ3) is 5.47. The molecule has 0 aliphatic heterocycles. The van der Waals surface area contributed by atoms with Gasteiger partial charge in [0, 0.05) is 33.2 Å². The highest BCUT2D eigenvalue weighted by atomic mass is 15.0. The van der Waals surface area contributed by atoms with E-state index in [1.807, 2.05) is 24.3 Å². The van der Waals surface area contributed by atoms with Crippen molar-refractivity contribution >= 4 is 32.6 Å². The van der Waals surface area contributed by atoms with E-state index in [1.165, 1.54) is 55.1 Å². The third-order valence-corrected chi connectivity index (χ3v) is 10.2. The molecule has 2 aromatic heterocycles. The Morgan fingerprint density at radius 2 is 0.849 bits per heavy atom. The maximum absolute atomic E-state index is 5.16. The predicted molar refractivity (Wildman–Crippen MR) is 221 cm³/mol. The van der Waals surface area contributed by atoms with Gasteiger partial charge in [-0.3, -0.25) is 0 Å². The summed E-state index contributed by atoms with van der Waals surface area (Å²) in [5, 5.41) is 4.84. The Kier molecular flexibility index (Phi) is 7.47. The lowest BCUT2D eigenvalue weighted by Gasteiger charge is -2.14. The smallest absolute Gasteiger partial charge is 0.160 e. The lowest BCUT2D eigenvalue weighted by molar-refractivity contribution is 1.18. The van der Waals surface area contributed by atoms with Gasteiger partial charge in [0.1, 0.15) is 0 Å². The van der Waals surface area contributed by atoms with E-state index in [2.05, 4.69) is 180 Å². The van der Waals surface area contributed by atoms with Gasteiger partial charge >= 0.3 is 0 Å². The average molecular weight is 676 g/mol. The third-order valence-electron chi connectivity index (χ3n) is 10.2. The van der Waals surface area contributed by atoms with Crippen molar-refractivity contribution in [3.05, 3.63) is 200 Å². The fourth-order valence-electron chi connectivity index (χ4n) is 7.71. The van der Waals surface area contributed by atoms with Crippen LogP contribution >= 0.6 is 0 Å². The molecule has 0 N–H and O–H groups in total. The number of fused-ring (bicyclic) bond motifs is 4. The van der Waals surface area contributed by atoms with Crippen molar-refractivity contribution < 1.29 is 0 Å². The molecule has 10 aromatic rings. The van der Waals surface area contributed by atoms with Crippen molar-refractivity contribution in [3.8, 4) is 61.8 Å². The summed E-state index contributed by atoms with van der Waals surface area (Å²) >= 11 is 0. The topological polar surface area (TPSA) is 30.7 Å². The number of hydrogen-bond acceptors (Lipinski definition) is 2. The molecule has 0 aliphatic carbocycles. The van der Waals surface area contributed by atoms with E-state index in [0.29, 0.717) is 5.82 Å². The largest absolute Gasteiger partial charge is 0.309 e. The van der Waals surface area contributed by atoms with E-state index in [9.17, 15) is 0 Å². The summed E-state index contributed by atoms with van der Waals surface area (Å²) in [6.07, 6.45) is 0. The van der Waals surface area contributed by atoms with Crippen molar-refractivity contribution in [2.75, 3.05) is 0 Å². The summed E-state index contributed by atoms with van der Waals surface area (Å²) in [6, 6.07) is 71.0. The van der Waals surface area contributed by atoms with Crippen molar-refractivity contribution in [2.24, 2.45) is 0 Å². The Morgan fingerprint density at radius 1 is 0.302 bits per heavy atom. The van der Waals surface area contributed by atoms with Gasteiger partial charge in [-0.1, -0.05) is 158 Å². The Hall–Kier alpha value is -7.10. The molecule has 3 nitrogen and oxygen atoms in total. The van der Waals surface area contributed by atoms with Gasteiger partial charge < -0.3 is 4.57 Å². The first-order chi connectivity index (χ1) is 26.3. The van der Waals surface area contributed by atoms with Gasteiger partial charge in [-0.2, -0.15) is 0 Å². The quantitative estimate of drug-likeness (QED) is 0.176. The van der Waals surface area contributed by atoms with Gasteiger partial charge in [-0.25, -0.2) is 9.97 Å². The van der Waals surface area contributed by atoms with Gasteiger partial charge in [0.15, 0.2) is 5.82 Å². The molecule has 0 amide bonds. The summed E-state index contributed by atoms with van der Waals surface area (Å²) < 4.78 is 2.36. The molecule has 3 heteroatoms. The number of aromatic nitrogens is 3. The second-order valence-electron chi connectivity index (χ2n) is 13.4. The van der Waals surface area contributed by atoms with E-state index < -0.39 is 0 Å². The van der Waals surface area contributed by atoms with Crippen LogP contribution in [-0.2, 0) is 0 Å². The summed E-state index contributed by atoms with van der Waals surface area (Å²) in [5.74, 6) is 0.715. The molecule has 0 saturated carbocycles. The van der Waals surface area contributed by atoms with Crippen LogP contribution in [0.4, 0.5) is 0 Å². The molecule has 0 unspecified atom stereocenters. The van der Waals surface area contributed by atoms with Gasteiger partial charge in [0.25, 0.3) is 0 Å².